The molecule has 0 aromatic heterocycles. The standard InChI is InChI=1S/C11H21NO2/c1-3-4-7-12(2)10-11(13)5-8-14-9-6-11/h3,13H,1,4-10H2,2H3. The molecular formula is C11H21NO2. The highest BCUT2D eigenvalue weighted by atomic mass is 16.5. The second-order valence-electron chi connectivity index (χ2n) is 4.15. The van der Waals surface area contributed by atoms with Gasteiger partial charge >= 0.3 is 0 Å². The van der Waals surface area contributed by atoms with Crippen molar-refractivity contribution in [1.82, 2.24) is 4.90 Å². The highest BCUT2D eigenvalue weighted by Crippen LogP contribution is 2.21. The number of ether oxygens (including phenoxy) is 1. The molecule has 0 aliphatic carbocycles. The largest absolute Gasteiger partial charge is 0.388 e. The molecular weight excluding hydrogens is 178 g/mol. The maximum Gasteiger partial charge on any atom is 0.0817 e. The Balaban J connectivity index is 2.29. The van der Waals surface area contributed by atoms with E-state index in [9.17, 15) is 5.11 Å². The number of aliphatic hydroxyl groups is 1. The van der Waals surface area contributed by atoms with Gasteiger partial charge in [-0.1, -0.05) is 6.08 Å². The van der Waals surface area contributed by atoms with Gasteiger partial charge in [-0.25, -0.2) is 0 Å². The molecule has 1 N–H and O–H groups in total. The van der Waals surface area contributed by atoms with Gasteiger partial charge in [0.15, 0.2) is 0 Å². The number of rotatable bonds is 5. The monoisotopic (exact) mass is 199 g/mol. The molecule has 0 aromatic rings. The Morgan fingerprint density at radius 3 is 2.71 bits per heavy atom. The average Bonchev–Trinajstić information content (AvgIpc) is 2.15. The lowest BCUT2D eigenvalue weighted by molar-refractivity contribution is -0.0766. The molecule has 0 amide bonds. The Morgan fingerprint density at radius 1 is 1.50 bits per heavy atom. The quantitative estimate of drug-likeness (QED) is 0.671. The second-order valence-corrected chi connectivity index (χ2v) is 4.15. The molecule has 0 unspecified atom stereocenters. The minimum Gasteiger partial charge on any atom is -0.388 e. The summed E-state index contributed by atoms with van der Waals surface area (Å²) in [7, 11) is 2.04. The Labute approximate surface area is 86.4 Å². The van der Waals surface area contributed by atoms with E-state index >= 15 is 0 Å². The van der Waals surface area contributed by atoms with Crippen molar-refractivity contribution in [2.75, 3.05) is 33.4 Å². The molecule has 0 spiro atoms. The van der Waals surface area contributed by atoms with Gasteiger partial charge in [-0.05, 0) is 13.5 Å². The summed E-state index contributed by atoms with van der Waals surface area (Å²) in [5.74, 6) is 0. The van der Waals surface area contributed by atoms with E-state index in [0.717, 1.165) is 32.4 Å². The van der Waals surface area contributed by atoms with E-state index in [1.54, 1.807) is 0 Å². The Bertz CT molecular complexity index is 176. The normalized spacial score (nSPS) is 21.1. The molecule has 1 aliphatic rings. The zero-order valence-corrected chi connectivity index (χ0v) is 9.04. The van der Waals surface area contributed by atoms with Crippen LogP contribution < -0.4 is 0 Å². The summed E-state index contributed by atoms with van der Waals surface area (Å²) >= 11 is 0. The van der Waals surface area contributed by atoms with E-state index in [0.29, 0.717) is 13.2 Å². The molecule has 3 heteroatoms. The zero-order valence-electron chi connectivity index (χ0n) is 9.04. The van der Waals surface area contributed by atoms with Crippen LogP contribution in [0.25, 0.3) is 0 Å². The van der Waals surface area contributed by atoms with Crippen molar-refractivity contribution in [2.45, 2.75) is 24.9 Å². The van der Waals surface area contributed by atoms with Crippen LogP contribution in [0.5, 0.6) is 0 Å². The van der Waals surface area contributed by atoms with Crippen molar-refractivity contribution in [1.29, 1.82) is 0 Å². The van der Waals surface area contributed by atoms with E-state index in [-0.39, 0.29) is 0 Å². The van der Waals surface area contributed by atoms with Gasteiger partial charge in [0.25, 0.3) is 0 Å². The Kier molecular flexibility index (Phi) is 4.58. The SMILES string of the molecule is C=CCCN(C)CC1(O)CCOCC1. The molecule has 1 heterocycles. The van der Waals surface area contributed by atoms with Crippen molar-refractivity contribution >= 4 is 0 Å². The predicted molar refractivity (Wildman–Crippen MR) is 57.3 cm³/mol. The third kappa shape index (κ3) is 3.78. The molecule has 0 bridgehead atoms. The van der Waals surface area contributed by atoms with Gasteiger partial charge in [0.1, 0.15) is 0 Å². The minimum absolute atomic E-state index is 0.534. The molecule has 0 radical (unpaired) electrons. The van der Waals surface area contributed by atoms with Crippen LogP contribution in [0.15, 0.2) is 12.7 Å². The first-order valence-corrected chi connectivity index (χ1v) is 5.26. The summed E-state index contributed by atoms with van der Waals surface area (Å²) < 4.78 is 5.23. The first-order chi connectivity index (χ1) is 6.66. The average molecular weight is 199 g/mol. The summed E-state index contributed by atoms with van der Waals surface area (Å²) in [4.78, 5) is 2.16. The third-order valence-electron chi connectivity index (χ3n) is 2.70. The number of likely N-dealkylation sites (N-methyl/N-ethyl adjacent to an activating group) is 1. The molecule has 0 atom stereocenters. The second kappa shape index (κ2) is 5.49. The van der Waals surface area contributed by atoms with Gasteiger partial charge in [0.2, 0.25) is 0 Å². The summed E-state index contributed by atoms with van der Waals surface area (Å²) in [5, 5.41) is 10.2. The van der Waals surface area contributed by atoms with E-state index < -0.39 is 5.60 Å². The highest BCUT2D eigenvalue weighted by Gasteiger charge is 2.30. The molecule has 0 aromatic carbocycles. The van der Waals surface area contributed by atoms with Crippen molar-refractivity contribution < 1.29 is 9.84 Å². The Morgan fingerprint density at radius 2 is 2.14 bits per heavy atom. The molecule has 3 nitrogen and oxygen atoms in total. The fraction of sp³-hybridized carbons (Fsp3) is 0.818. The van der Waals surface area contributed by atoms with E-state index in [1.165, 1.54) is 0 Å². The van der Waals surface area contributed by atoms with Crippen molar-refractivity contribution in [2.24, 2.45) is 0 Å². The fourth-order valence-electron chi connectivity index (χ4n) is 1.80. The van der Waals surface area contributed by atoms with Crippen LogP contribution in [0.4, 0.5) is 0 Å². The van der Waals surface area contributed by atoms with E-state index in [4.69, 9.17) is 4.74 Å². The van der Waals surface area contributed by atoms with Crippen LogP contribution in [0, 0.1) is 0 Å². The predicted octanol–water partition coefficient (Wildman–Crippen LogP) is 1.04. The lowest BCUT2D eigenvalue weighted by Crippen LogP contribution is -2.45. The van der Waals surface area contributed by atoms with Gasteiger partial charge < -0.3 is 14.7 Å². The highest BCUT2D eigenvalue weighted by molar-refractivity contribution is 4.84. The molecule has 1 saturated heterocycles. The van der Waals surface area contributed by atoms with Crippen molar-refractivity contribution in [3.8, 4) is 0 Å². The van der Waals surface area contributed by atoms with E-state index in [1.807, 2.05) is 13.1 Å². The first-order valence-electron chi connectivity index (χ1n) is 5.26. The lowest BCUT2D eigenvalue weighted by atomic mass is 9.94. The molecule has 82 valence electrons. The number of nitrogens with zero attached hydrogens (tertiary/aromatic N) is 1. The summed E-state index contributed by atoms with van der Waals surface area (Å²) in [6, 6.07) is 0. The first kappa shape index (κ1) is 11.7. The Hall–Kier alpha value is -0.380. The van der Waals surface area contributed by atoms with Crippen molar-refractivity contribution in [3.05, 3.63) is 12.7 Å². The van der Waals surface area contributed by atoms with Crippen LogP contribution in [-0.2, 0) is 4.74 Å². The number of hydrogen-bond donors (Lipinski definition) is 1. The van der Waals surface area contributed by atoms with Crippen LogP contribution in [-0.4, -0.2) is 49.0 Å². The smallest absolute Gasteiger partial charge is 0.0817 e. The lowest BCUT2D eigenvalue weighted by Gasteiger charge is -2.35. The topological polar surface area (TPSA) is 32.7 Å². The zero-order chi connectivity index (χ0) is 10.4. The van der Waals surface area contributed by atoms with Gasteiger partial charge in [0, 0.05) is 39.1 Å². The van der Waals surface area contributed by atoms with Crippen LogP contribution in [0.2, 0.25) is 0 Å². The summed E-state index contributed by atoms with van der Waals surface area (Å²) in [6.45, 7) is 6.77. The van der Waals surface area contributed by atoms with Gasteiger partial charge in [-0.3, -0.25) is 0 Å². The van der Waals surface area contributed by atoms with Gasteiger partial charge in [-0.15, -0.1) is 6.58 Å². The van der Waals surface area contributed by atoms with Crippen LogP contribution in [0.1, 0.15) is 19.3 Å². The maximum absolute atomic E-state index is 10.2. The van der Waals surface area contributed by atoms with Crippen molar-refractivity contribution in [3.63, 3.8) is 0 Å². The summed E-state index contributed by atoms with van der Waals surface area (Å²) in [6.07, 6.45) is 4.39. The molecule has 1 aliphatic heterocycles. The van der Waals surface area contributed by atoms with Crippen LogP contribution in [0.3, 0.4) is 0 Å². The molecule has 0 saturated carbocycles. The molecule has 14 heavy (non-hydrogen) atoms. The van der Waals surface area contributed by atoms with E-state index in [2.05, 4.69) is 11.5 Å². The molecule has 1 rings (SSSR count). The van der Waals surface area contributed by atoms with Crippen LogP contribution >= 0.6 is 0 Å². The van der Waals surface area contributed by atoms with Gasteiger partial charge in [-0.2, -0.15) is 0 Å². The summed E-state index contributed by atoms with van der Waals surface area (Å²) in [5.41, 5.74) is -0.534. The number of hydrogen-bond acceptors (Lipinski definition) is 3. The fourth-order valence-corrected chi connectivity index (χ4v) is 1.80. The van der Waals surface area contributed by atoms with Gasteiger partial charge in [0.05, 0.1) is 5.60 Å². The third-order valence-corrected chi connectivity index (χ3v) is 2.70. The minimum atomic E-state index is -0.534. The maximum atomic E-state index is 10.2. The molecule has 1 fully saturated rings.